The van der Waals surface area contributed by atoms with E-state index in [0.717, 1.165) is 10.3 Å². The standard InChI is InChI=1S/C13H15N5O3S/c1-15-8-9(21-13(4-19,16-2)11(8)20)6-3-22-10-7(6)17-5-18-12(10)14/h3,5,8-9,11,19-20H,1-2,4H2,(H2,14,17,18)/p+1/t8-,9-,11-,13+/m0/s1. The Morgan fingerprint density at radius 1 is 1.55 bits per heavy atom. The van der Waals surface area contributed by atoms with E-state index in [1.165, 1.54) is 17.7 Å². The average molecular weight is 322 g/mol. The van der Waals surface area contributed by atoms with Crippen LogP contribution in [0, 0.1) is 0 Å². The van der Waals surface area contributed by atoms with Gasteiger partial charge in [-0.05, 0) is 13.4 Å². The molecule has 116 valence electrons. The molecule has 3 rings (SSSR count). The second-order valence-electron chi connectivity index (χ2n) is 5.00. The Morgan fingerprint density at radius 2 is 2.32 bits per heavy atom. The van der Waals surface area contributed by atoms with Crippen molar-refractivity contribution < 1.29 is 19.9 Å². The van der Waals surface area contributed by atoms with Crippen molar-refractivity contribution in [1.29, 1.82) is 0 Å². The predicted octanol–water partition coefficient (Wildman–Crippen LogP) is -0.417. The van der Waals surface area contributed by atoms with E-state index in [0.29, 0.717) is 11.3 Å². The molecule has 1 aliphatic heterocycles. The quantitative estimate of drug-likeness (QED) is 0.659. The van der Waals surface area contributed by atoms with Crippen LogP contribution in [0.4, 0.5) is 5.82 Å². The van der Waals surface area contributed by atoms with E-state index in [-0.39, 0.29) is 0 Å². The van der Waals surface area contributed by atoms with Crippen molar-refractivity contribution in [3.05, 3.63) is 17.3 Å². The van der Waals surface area contributed by atoms with Crippen molar-refractivity contribution in [3.63, 3.8) is 0 Å². The lowest BCUT2D eigenvalue weighted by Gasteiger charge is -2.24. The number of nitrogens with two attached hydrogens (primary N) is 1. The van der Waals surface area contributed by atoms with Gasteiger partial charge in [0.1, 0.15) is 22.9 Å². The molecule has 0 aromatic carbocycles. The molecule has 9 heteroatoms. The first-order valence-electron chi connectivity index (χ1n) is 6.51. The number of ether oxygens (including phenoxy) is 1. The molecule has 1 saturated heterocycles. The van der Waals surface area contributed by atoms with Crippen molar-refractivity contribution in [2.45, 2.75) is 24.0 Å². The zero-order chi connectivity index (χ0) is 15.9. The number of fused-ring (bicyclic) bond motifs is 1. The number of aromatic amines is 1. The van der Waals surface area contributed by atoms with E-state index in [1.54, 1.807) is 0 Å². The zero-order valence-electron chi connectivity index (χ0n) is 11.6. The highest BCUT2D eigenvalue weighted by Crippen LogP contribution is 2.45. The number of H-pyrrole nitrogens is 1. The number of aromatic nitrogens is 2. The highest BCUT2D eigenvalue weighted by molar-refractivity contribution is 7.17. The van der Waals surface area contributed by atoms with Gasteiger partial charge in [0.15, 0.2) is 5.52 Å². The summed E-state index contributed by atoms with van der Waals surface area (Å²) in [5.74, 6) is 0.498. The molecule has 0 saturated carbocycles. The third-order valence-corrected chi connectivity index (χ3v) is 4.91. The maximum Gasteiger partial charge on any atom is 0.237 e. The fourth-order valence-corrected chi connectivity index (χ4v) is 3.63. The van der Waals surface area contributed by atoms with Crippen LogP contribution in [0.15, 0.2) is 21.7 Å². The molecule has 0 unspecified atom stereocenters. The van der Waals surface area contributed by atoms with E-state index in [2.05, 4.69) is 33.4 Å². The maximum absolute atomic E-state index is 10.4. The molecule has 0 amide bonds. The number of aliphatic hydroxyl groups is 2. The molecule has 8 nitrogen and oxygen atoms in total. The van der Waals surface area contributed by atoms with Gasteiger partial charge in [-0.25, -0.2) is 4.98 Å². The molecule has 4 atom stereocenters. The first kappa shape index (κ1) is 15.0. The second-order valence-corrected chi connectivity index (χ2v) is 5.88. The fourth-order valence-electron chi connectivity index (χ4n) is 2.67. The Bertz CT molecular complexity index is 736. The van der Waals surface area contributed by atoms with Gasteiger partial charge in [-0.15, -0.1) is 16.3 Å². The summed E-state index contributed by atoms with van der Waals surface area (Å²) in [6.07, 6.45) is -0.311. The van der Waals surface area contributed by atoms with Crippen LogP contribution >= 0.6 is 11.3 Å². The zero-order valence-corrected chi connectivity index (χ0v) is 12.5. The minimum atomic E-state index is -1.52. The lowest BCUT2D eigenvalue weighted by molar-refractivity contribution is -0.363. The number of nitrogens with zero attached hydrogens (tertiary/aromatic N) is 3. The van der Waals surface area contributed by atoms with Crippen LogP contribution in [0.3, 0.4) is 0 Å². The number of anilines is 1. The SMILES string of the molecule is C=N[C@H]1[C@H](c2csc3c(N)[nH+]cnc23)O[C@@](CO)(N=C)[C@H]1O. The third kappa shape index (κ3) is 1.94. The highest BCUT2D eigenvalue weighted by Gasteiger charge is 2.55. The van der Waals surface area contributed by atoms with Gasteiger partial charge in [0.25, 0.3) is 0 Å². The number of nitrogen functional groups attached to an aromatic ring is 1. The molecule has 0 radical (unpaired) electrons. The van der Waals surface area contributed by atoms with Crippen LogP contribution in [0.1, 0.15) is 11.7 Å². The van der Waals surface area contributed by atoms with Crippen LogP contribution in [0.5, 0.6) is 0 Å². The van der Waals surface area contributed by atoms with Crippen molar-refractivity contribution in [2.24, 2.45) is 9.98 Å². The topological polar surface area (TPSA) is 127 Å². The van der Waals surface area contributed by atoms with Gasteiger partial charge in [0.2, 0.25) is 17.9 Å². The largest absolute Gasteiger partial charge is 0.391 e. The minimum Gasteiger partial charge on any atom is -0.391 e. The maximum atomic E-state index is 10.4. The number of nitrogens with one attached hydrogen (secondary N) is 1. The molecule has 5 N–H and O–H groups in total. The molecule has 1 fully saturated rings. The Kier molecular flexibility index (Phi) is 3.65. The van der Waals surface area contributed by atoms with Crippen molar-refractivity contribution in [1.82, 2.24) is 4.98 Å². The smallest absolute Gasteiger partial charge is 0.237 e. The summed E-state index contributed by atoms with van der Waals surface area (Å²) in [7, 11) is 0. The molecule has 22 heavy (non-hydrogen) atoms. The van der Waals surface area contributed by atoms with Crippen molar-refractivity contribution in [3.8, 4) is 0 Å². The van der Waals surface area contributed by atoms with Gasteiger partial charge in [0.05, 0.1) is 6.61 Å². The first-order chi connectivity index (χ1) is 10.6. The van der Waals surface area contributed by atoms with Crippen LogP contribution in [0.2, 0.25) is 0 Å². The van der Waals surface area contributed by atoms with Gasteiger partial charge in [-0.1, -0.05) is 0 Å². The lowest BCUT2D eigenvalue weighted by Crippen LogP contribution is -2.44. The van der Waals surface area contributed by atoms with E-state index >= 15 is 0 Å². The summed E-state index contributed by atoms with van der Waals surface area (Å²) in [5, 5.41) is 21.8. The number of rotatable bonds is 4. The van der Waals surface area contributed by atoms with Crippen LogP contribution in [-0.4, -0.2) is 53.1 Å². The molecular weight excluding hydrogens is 306 g/mol. The van der Waals surface area contributed by atoms with Gasteiger partial charge < -0.3 is 20.7 Å². The molecule has 0 spiro atoms. The summed E-state index contributed by atoms with van der Waals surface area (Å²) in [4.78, 5) is 14.8. The van der Waals surface area contributed by atoms with Gasteiger partial charge in [-0.3, -0.25) is 9.98 Å². The van der Waals surface area contributed by atoms with Crippen LogP contribution in [-0.2, 0) is 4.74 Å². The van der Waals surface area contributed by atoms with E-state index in [4.69, 9.17) is 10.5 Å². The number of aliphatic imine (C=N–C) groups is 2. The third-order valence-electron chi connectivity index (χ3n) is 3.89. The molecule has 3 heterocycles. The van der Waals surface area contributed by atoms with E-state index in [1.807, 2.05) is 5.38 Å². The molecule has 2 aromatic heterocycles. The minimum absolute atomic E-state index is 0.498. The summed E-state index contributed by atoms with van der Waals surface area (Å²) in [5.41, 5.74) is 5.75. The fraction of sp³-hybridized carbons (Fsp3) is 0.385. The van der Waals surface area contributed by atoms with Crippen molar-refractivity contribution in [2.75, 3.05) is 12.3 Å². The van der Waals surface area contributed by atoms with Gasteiger partial charge in [0, 0.05) is 10.9 Å². The summed E-state index contributed by atoms with van der Waals surface area (Å²) in [6.45, 7) is 6.40. The lowest BCUT2D eigenvalue weighted by atomic mass is 9.98. The first-order valence-corrected chi connectivity index (χ1v) is 7.39. The Labute approximate surface area is 130 Å². The Morgan fingerprint density at radius 3 is 2.95 bits per heavy atom. The normalized spacial score (nSPS) is 31.5. The number of hydrogen-bond acceptors (Lipinski definition) is 8. The van der Waals surface area contributed by atoms with E-state index in [9.17, 15) is 10.2 Å². The predicted molar refractivity (Wildman–Crippen MR) is 83.1 cm³/mol. The Balaban J connectivity index is 2.11. The van der Waals surface area contributed by atoms with Crippen LogP contribution < -0.4 is 10.7 Å². The van der Waals surface area contributed by atoms with Gasteiger partial charge in [-0.2, -0.15) is 0 Å². The number of thiophene rings is 1. The molecule has 1 aliphatic rings. The summed E-state index contributed by atoms with van der Waals surface area (Å²) >= 11 is 1.41. The average Bonchev–Trinajstić information content (AvgIpc) is 3.07. The number of aliphatic hydroxyl groups excluding tert-OH is 2. The van der Waals surface area contributed by atoms with Crippen molar-refractivity contribution >= 4 is 40.8 Å². The molecule has 2 aromatic rings. The van der Waals surface area contributed by atoms with Crippen LogP contribution in [0.25, 0.3) is 10.2 Å². The highest BCUT2D eigenvalue weighted by atomic mass is 32.1. The van der Waals surface area contributed by atoms with Gasteiger partial charge >= 0.3 is 0 Å². The summed E-state index contributed by atoms with van der Waals surface area (Å²) in [6, 6.07) is -0.692. The van der Waals surface area contributed by atoms with E-state index < -0.39 is 30.6 Å². The molecule has 0 aliphatic carbocycles. The Hall–Kier alpha value is -1.94. The molecular formula is C13H16N5O3S+. The summed E-state index contributed by atoms with van der Waals surface area (Å²) < 4.78 is 6.59. The second kappa shape index (κ2) is 5.36. The number of hydrogen-bond donors (Lipinski definition) is 3. The molecule has 0 bridgehead atoms. The monoisotopic (exact) mass is 322 g/mol.